The summed E-state index contributed by atoms with van der Waals surface area (Å²) in [7, 11) is 1.48. The zero-order valence-corrected chi connectivity index (χ0v) is 6.48. The Morgan fingerprint density at radius 3 is 2.75 bits per heavy atom. The summed E-state index contributed by atoms with van der Waals surface area (Å²) in [6.07, 6.45) is 0.580. The van der Waals surface area contributed by atoms with Crippen LogP contribution >= 0.6 is 0 Å². The van der Waals surface area contributed by atoms with Gasteiger partial charge in [0.15, 0.2) is 6.29 Å². The summed E-state index contributed by atoms with van der Waals surface area (Å²) in [4.78, 5) is 20.5. The van der Waals surface area contributed by atoms with Gasteiger partial charge in [0.05, 0.1) is 7.11 Å². The third-order valence-electron chi connectivity index (χ3n) is 1.46. The number of hydrogen-bond donors (Lipinski definition) is 0. The maximum absolute atomic E-state index is 10.3. The monoisotopic (exact) mass is 165 g/mol. The SMILES string of the molecule is COc1ccc(C=O)c(N=O)c1. The lowest BCUT2D eigenvalue weighted by molar-refractivity contribution is 0.112. The van der Waals surface area contributed by atoms with Crippen LogP contribution in [-0.2, 0) is 0 Å². The van der Waals surface area contributed by atoms with Crippen LogP contribution in [-0.4, -0.2) is 13.4 Å². The lowest BCUT2D eigenvalue weighted by Gasteiger charge is -1.99. The summed E-state index contributed by atoms with van der Waals surface area (Å²) >= 11 is 0. The van der Waals surface area contributed by atoms with E-state index in [2.05, 4.69) is 5.18 Å². The van der Waals surface area contributed by atoms with Crippen molar-refractivity contribution in [1.82, 2.24) is 0 Å². The first-order valence-corrected chi connectivity index (χ1v) is 3.28. The summed E-state index contributed by atoms with van der Waals surface area (Å²) < 4.78 is 4.84. The van der Waals surface area contributed by atoms with Gasteiger partial charge in [0.25, 0.3) is 0 Å². The molecular formula is C8H7NO3. The fourth-order valence-corrected chi connectivity index (χ4v) is 0.829. The highest BCUT2D eigenvalue weighted by Crippen LogP contribution is 2.23. The first-order chi connectivity index (χ1) is 5.81. The fraction of sp³-hybridized carbons (Fsp3) is 0.125. The minimum Gasteiger partial charge on any atom is -0.497 e. The van der Waals surface area contributed by atoms with Crippen molar-refractivity contribution in [1.29, 1.82) is 0 Å². The van der Waals surface area contributed by atoms with E-state index in [1.807, 2.05) is 0 Å². The van der Waals surface area contributed by atoms with Crippen LogP contribution < -0.4 is 4.74 Å². The maximum atomic E-state index is 10.3. The molecule has 0 heterocycles. The summed E-state index contributed by atoms with van der Waals surface area (Å²) in [5.41, 5.74) is 0.371. The van der Waals surface area contributed by atoms with Crippen molar-refractivity contribution in [3.8, 4) is 5.75 Å². The van der Waals surface area contributed by atoms with Crippen molar-refractivity contribution < 1.29 is 9.53 Å². The maximum Gasteiger partial charge on any atom is 0.152 e. The number of methoxy groups -OCH3 is 1. The van der Waals surface area contributed by atoms with Gasteiger partial charge < -0.3 is 4.74 Å². The Balaban J connectivity index is 3.18. The molecule has 0 atom stereocenters. The van der Waals surface area contributed by atoms with Crippen LogP contribution in [0.15, 0.2) is 23.4 Å². The molecule has 0 unspecified atom stereocenters. The highest BCUT2D eigenvalue weighted by molar-refractivity contribution is 5.83. The van der Waals surface area contributed by atoms with Gasteiger partial charge in [0.2, 0.25) is 0 Å². The van der Waals surface area contributed by atoms with E-state index in [1.54, 1.807) is 6.07 Å². The van der Waals surface area contributed by atoms with Gasteiger partial charge in [-0.15, -0.1) is 4.91 Å². The number of carbonyl (C=O) groups is 1. The third-order valence-corrected chi connectivity index (χ3v) is 1.46. The molecular weight excluding hydrogens is 158 g/mol. The van der Waals surface area contributed by atoms with Crippen LogP contribution in [0.4, 0.5) is 5.69 Å². The molecule has 62 valence electrons. The van der Waals surface area contributed by atoms with Gasteiger partial charge in [0.1, 0.15) is 11.4 Å². The molecule has 0 spiro atoms. The molecule has 1 aromatic rings. The molecule has 12 heavy (non-hydrogen) atoms. The van der Waals surface area contributed by atoms with E-state index in [9.17, 15) is 9.70 Å². The van der Waals surface area contributed by atoms with E-state index >= 15 is 0 Å². The lowest BCUT2D eigenvalue weighted by atomic mass is 10.2. The Kier molecular flexibility index (Phi) is 2.53. The topological polar surface area (TPSA) is 55.7 Å². The summed E-state index contributed by atoms with van der Waals surface area (Å²) in [6, 6.07) is 4.50. The molecule has 0 aliphatic heterocycles. The number of rotatable bonds is 3. The molecule has 0 aliphatic rings. The van der Waals surface area contributed by atoms with Gasteiger partial charge in [-0.2, -0.15) is 0 Å². The lowest BCUT2D eigenvalue weighted by Crippen LogP contribution is -1.85. The molecule has 0 radical (unpaired) electrons. The van der Waals surface area contributed by atoms with Gasteiger partial charge >= 0.3 is 0 Å². The molecule has 0 saturated carbocycles. The average Bonchev–Trinajstić information content (AvgIpc) is 2.16. The van der Waals surface area contributed by atoms with E-state index in [0.29, 0.717) is 12.0 Å². The van der Waals surface area contributed by atoms with Gasteiger partial charge in [-0.25, -0.2) is 0 Å². The molecule has 0 amide bonds. The van der Waals surface area contributed by atoms with Crippen molar-refractivity contribution in [3.05, 3.63) is 28.7 Å². The van der Waals surface area contributed by atoms with E-state index in [4.69, 9.17) is 4.74 Å². The Morgan fingerprint density at radius 1 is 1.50 bits per heavy atom. The molecule has 1 rings (SSSR count). The van der Waals surface area contributed by atoms with Gasteiger partial charge in [0, 0.05) is 11.6 Å². The van der Waals surface area contributed by atoms with Crippen molar-refractivity contribution in [2.24, 2.45) is 5.18 Å². The summed E-state index contributed by atoms with van der Waals surface area (Å²) in [5, 5.41) is 2.69. The van der Waals surface area contributed by atoms with Crippen LogP contribution in [0.5, 0.6) is 5.75 Å². The first-order valence-electron chi connectivity index (χ1n) is 3.28. The standard InChI is InChI=1S/C8H7NO3/c1-12-7-3-2-6(5-10)8(4-7)9-11/h2-5H,1H3. The van der Waals surface area contributed by atoms with E-state index in [-0.39, 0.29) is 11.3 Å². The molecule has 0 aliphatic carbocycles. The minimum atomic E-state index is 0.101. The average molecular weight is 165 g/mol. The van der Waals surface area contributed by atoms with Crippen LogP contribution in [0.1, 0.15) is 10.4 Å². The third kappa shape index (κ3) is 1.47. The highest BCUT2D eigenvalue weighted by Gasteiger charge is 2.02. The van der Waals surface area contributed by atoms with Gasteiger partial charge in [-0.1, -0.05) is 0 Å². The largest absolute Gasteiger partial charge is 0.497 e. The van der Waals surface area contributed by atoms with Gasteiger partial charge in [-0.3, -0.25) is 4.79 Å². The number of nitroso groups, excluding NO2 is 1. The number of benzene rings is 1. The zero-order valence-electron chi connectivity index (χ0n) is 6.48. The molecule has 0 fully saturated rings. The smallest absolute Gasteiger partial charge is 0.152 e. The van der Waals surface area contributed by atoms with Crippen LogP contribution in [0, 0.1) is 4.91 Å². The second-order valence-corrected chi connectivity index (χ2v) is 2.13. The predicted molar refractivity (Wildman–Crippen MR) is 43.8 cm³/mol. The minimum absolute atomic E-state index is 0.101. The Bertz CT molecular complexity index is 309. The number of hydrogen-bond acceptors (Lipinski definition) is 4. The van der Waals surface area contributed by atoms with E-state index in [0.717, 1.165) is 0 Å². The molecule has 0 N–H and O–H groups in total. The fourth-order valence-electron chi connectivity index (χ4n) is 0.829. The van der Waals surface area contributed by atoms with Crippen LogP contribution in [0.25, 0.3) is 0 Å². The highest BCUT2D eigenvalue weighted by atomic mass is 16.5. The van der Waals surface area contributed by atoms with Crippen molar-refractivity contribution in [3.63, 3.8) is 0 Å². The normalized spacial score (nSPS) is 9.08. The molecule has 0 saturated heterocycles. The number of nitrogens with zero attached hydrogens (tertiary/aromatic N) is 1. The summed E-state index contributed by atoms with van der Waals surface area (Å²) in [6.45, 7) is 0. The zero-order chi connectivity index (χ0) is 8.97. The second-order valence-electron chi connectivity index (χ2n) is 2.13. The first kappa shape index (κ1) is 8.39. The Morgan fingerprint density at radius 2 is 2.25 bits per heavy atom. The van der Waals surface area contributed by atoms with Crippen LogP contribution in [0.2, 0.25) is 0 Å². The Hall–Kier alpha value is -1.71. The molecule has 0 bridgehead atoms. The number of aldehydes is 1. The van der Waals surface area contributed by atoms with E-state index in [1.165, 1.54) is 19.2 Å². The number of ether oxygens (including phenoxy) is 1. The van der Waals surface area contributed by atoms with Gasteiger partial charge in [-0.05, 0) is 17.3 Å². The number of carbonyl (C=O) groups excluding carboxylic acids is 1. The Labute approximate surface area is 69.1 Å². The molecule has 1 aromatic carbocycles. The quantitative estimate of drug-likeness (QED) is 0.507. The van der Waals surface area contributed by atoms with E-state index < -0.39 is 0 Å². The molecule has 4 heteroatoms. The van der Waals surface area contributed by atoms with Crippen molar-refractivity contribution in [2.45, 2.75) is 0 Å². The predicted octanol–water partition coefficient (Wildman–Crippen LogP) is 1.91. The summed E-state index contributed by atoms with van der Waals surface area (Å²) in [5.74, 6) is 0.509. The van der Waals surface area contributed by atoms with Crippen molar-refractivity contribution in [2.75, 3.05) is 7.11 Å². The van der Waals surface area contributed by atoms with Crippen molar-refractivity contribution >= 4 is 12.0 Å². The van der Waals surface area contributed by atoms with Crippen LogP contribution in [0.3, 0.4) is 0 Å². The molecule has 4 nitrogen and oxygen atoms in total. The molecule has 0 aromatic heterocycles. The second kappa shape index (κ2) is 3.61.